The Morgan fingerprint density at radius 3 is 2.62 bits per heavy atom. The summed E-state index contributed by atoms with van der Waals surface area (Å²) >= 11 is 0. The van der Waals surface area contributed by atoms with E-state index in [1.165, 1.54) is 0 Å². The Labute approximate surface area is 244 Å². The molecule has 2 fully saturated rings. The fourth-order valence-corrected chi connectivity index (χ4v) is 4.95. The molecule has 1 aliphatic heterocycles. The first-order valence-corrected chi connectivity index (χ1v) is 14.3. The molecule has 12 nitrogen and oxygen atoms in total. The van der Waals surface area contributed by atoms with Crippen LogP contribution in [0.2, 0.25) is 0 Å². The van der Waals surface area contributed by atoms with Gasteiger partial charge in [-0.05, 0) is 63.4 Å². The minimum Gasteiger partial charge on any atom is -0.491 e. The normalized spacial score (nSPS) is 16.0. The van der Waals surface area contributed by atoms with Crippen LogP contribution in [0.25, 0.3) is 22.3 Å². The van der Waals surface area contributed by atoms with Gasteiger partial charge < -0.3 is 30.0 Å². The van der Waals surface area contributed by atoms with E-state index >= 15 is 0 Å². The summed E-state index contributed by atoms with van der Waals surface area (Å²) in [7, 11) is 1.64. The second-order valence-corrected chi connectivity index (χ2v) is 11.8. The van der Waals surface area contributed by atoms with E-state index in [9.17, 15) is 4.79 Å². The number of hydrogen-bond donors (Lipinski definition) is 3. The summed E-state index contributed by atoms with van der Waals surface area (Å²) in [6.07, 6.45) is 5.39. The number of hydrogen-bond acceptors (Lipinski definition) is 10. The van der Waals surface area contributed by atoms with Crippen LogP contribution in [0.3, 0.4) is 0 Å². The minimum absolute atomic E-state index is 0.248. The molecule has 0 radical (unpaired) electrons. The third-order valence-corrected chi connectivity index (χ3v) is 7.18. The molecule has 1 aromatic carbocycles. The van der Waals surface area contributed by atoms with Gasteiger partial charge in [0.15, 0.2) is 11.6 Å². The van der Waals surface area contributed by atoms with Crippen LogP contribution in [0.5, 0.6) is 5.75 Å². The number of H-pyrrole nitrogens is 1. The van der Waals surface area contributed by atoms with Crippen LogP contribution in [0.15, 0.2) is 42.9 Å². The molecule has 6 rings (SSSR count). The molecule has 4 heterocycles. The van der Waals surface area contributed by atoms with Crippen LogP contribution in [0.1, 0.15) is 39.2 Å². The lowest BCUT2D eigenvalue weighted by molar-refractivity contribution is 0.0139. The smallest absolute Gasteiger partial charge is 0.410 e. The SMILES string of the molecule is COc1c(NC2CC2)ncnc1-c1ccc2nc(Nc3cc(CN4CCN(C(=O)OC(C)(C)C)CC4)ccn3)[nH]c2c1. The first kappa shape index (κ1) is 27.7. The van der Waals surface area contributed by atoms with Gasteiger partial charge in [0.05, 0.1) is 18.1 Å². The number of methoxy groups -OCH3 is 1. The van der Waals surface area contributed by atoms with Crippen molar-refractivity contribution in [2.45, 2.75) is 51.8 Å². The molecule has 3 N–H and O–H groups in total. The number of nitrogens with zero attached hydrogens (tertiary/aromatic N) is 6. The monoisotopic (exact) mass is 571 g/mol. The van der Waals surface area contributed by atoms with Crippen molar-refractivity contribution in [2.75, 3.05) is 43.9 Å². The molecule has 4 aromatic rings. The number of aromatic amines is 1. The van der Waals surface area contributed by atoms with Crippen molar-refractivity contribution in [3.8, 4) is 17.0 Å². The van der Waals surface area contributed by atoms with Gasteiger partial charge >= 0.3 is 6.09 Å². The molecule has 1 saturated carbocycles. The highest BCUT2D eigenvalue weighted by atomic mass is 16.6. The van der Waals surface area contributed by atoms with Crippen molar-refractivity contribution >= 4 is 34.7 Å². The number of aromatic nitrogens is 5. The fraction of sp³-hybridized carbons (Fsp3) is 0.433. The highest BCUT2D eigenvalue weighted by Gasteiger charge is 2.26. The van der Waals surface area contributed by atoms with E-state index in [2.05, 4.69) is 35.5 Å². The number of nitrogens with one attached hydrogen (secondary N) is 3. The first-order chi connectivity index (χ1) is 20.2. The van der Waals surface area contributed by atoms with Crippen molar-refractivity contribution in [1.29, 1.82) is 0 Å². The molecule has 1 saturated heterocycles. The predicted molar refractivity (Wildman–Crippen MR) is 161 cm³/mol. The molecule has 1 aliphatic carbocycles. The average molecular weight is 572 g/mol. The van der Waals surface area contributed by atoms with Crippen LogP contribution in [-0.4, -0.2) is 85.7 Å². The topological polar surface area (TPSA) is 133 Å². The van der Waals surface area contributed by atoms with Crippen molar-refractivity contribution < 1.29 is 14.3 Å². The number of anilines is 3. The number of piperazine rings is 1. The number of carbonyl (C=O) groups is 1. The Kier molecular flexibility index (Phi) is 7.55. The summed E-state index contributed by atoms with van der Waals surface area (Å²) in [6, 6.07) is 10.5. The van der Waals surface area contributed by atoms with Crippen LogP contribution >= 0.6 is 0 Å². The summed E-state index contributed by atoms with van der Waals surface area (Å²) < 4.78 is 11.2. The van der Waals surface area contributed by atoms with E-state index in [-0.39, 0.29) is 6.09 Å². The van der Waals surface area contributed by atoms with E-state index < -0.39 is 5.60 Å². The molecule has 3 aromatic heterocycles. The van der Waals surface area contributed by atoms with E-state index in [0.717, 1.165) is 60.3 Å². The van der Waals surface area contributed by atoms with Gasteiger partial charge in [0, 0.05) is 50.5 Å². The van der Waals surface area contributed by atoms with Crippen molar-refractivity contribution in [3.63, 3.8) is 0 Å². The zero-order chi connectivity index (χ0) is 29.3. The van der Waals surface area contributed by atoms with Gasteiger partial charge in [0.1, 0.15) is 23.4 Å². The Bertz CT molecular complexity index is 1570. The Hall–Kier alpha value is -4.45. The summed E-state index contributed by atoms with van der Waals surface area (Å²) in [4.78, 5) is 37.9. The van der Waals surface area contributed by atoms with Gasteiger partial charge in [-0.3, -0.25) is 4.90 Å². The first-order valence-electron chi connectivity index (χ1n) is 14.3. The molecule has 0 unspecified atom stereocenters. The maximum absolute atomic E-state index is 12.4. The van der Waals surface area contributed by atoms with Gasteiger partial charge in [0.2, 0.25) is 5.95 Å². The molecule has 1 amide bonds. The number of rotatable bonds is 8. The Morgan fingerprint density at radius 1 is 1.07 bits per heavy atom. The third-order valence-electron chi connectivity index (χ3n) is 7.18. The van der Waals surface area contributed by atoms with E-state index in [4.69, 9.17) is 14.5 Å². The lowest BCUT2D eigenvalue weighted by Gasteiger charge is -2.35. The second kappa shape index (κ2) is 11.4. The van der Waals surface area contributed by atoms with Gasteiger partial charge in [-0.2, -0.15) is 0 Å². The van der Waals surface area contributed by atoms with Gasteiger partial charge in [-0.25, -0.2) is 24.7 Å². The van der Waals surface area contributed by atoms with Gasteiger partial charge in [-0.15, -0.1) is 0 Å². The summed E-state index contributed by atoms with van der Waals surface area (Å²) in [5.74, 6) is 2.65. The summed E-state index contributed by atoms with van der Waals surface area (Å²) in [6.45, 7) is 9.28. The van der Waals surface area contributed by atoms with Crippen LogP contribution < -0.4 is 15.4 Å². The number of fused-ring (bicyclic) bond motifs is 1. The molecule has 0 bridgehead atoms. The van der Waals surface area contributed by atoms with Crippen LogP contribution in [0, 0.1) is 0 Å². The average Bonchev–Trinajstić information content (AvgIpc) is 3.68. The Balaban J connectivity index is 1.11. The largest absolute Gasteiger partial charge is 0.491 e. The summed E-state index contributed by atoms with van der Waals surface area (Å²) in [5.41, 5.74) is 3.96. The van der Waals surface area contributed by atoms with Crippen molar-refractivity contribution in [2.24, 2.45) is 0 Å². The number of carbonyl (C=O) groups excluding carboxylic acids is 1. The Morgan fingerprint density at radius 2 is 1.88 bits per heavy atom. The molecule has 220 valence electrons. The molecule has 0 atom stereocenters. The molecule has 0 spiro atoms. The zero-order valence-electron chi connectivity index (χ0n) is 24.5. The maximum Gasteiger partial charge on any atom is 0.410 e. The van der Waals surface area contributed by atoms with E-state index in [1.54, 1.807) is 24.5 Å². The maximum atomic E-state index is 12.4. The molecule has 2 aliphatic rings. The highest BCUT2D eigenvalue weighted by Crippen LogP contribution is 2.36. The second-order valence-electron chi connectivity index (χ2n) is 11.8. The number of ether oxygens (including phenoxy) is 2. The zero-order valence-corrected chi connectivity index (χ0v) is 24.5. The van der Waals surface area contributed by atoms with Crippen LogP contribution in [-0.2, 0) is 11.3 Å². The van der Waals surface area contributed by atoms with E-state index in [1.807, 2.05) is 51.1 Å². The lowest BCUT2D eigenvalue weighted by atomic mass is 10.1. The fourth-order valence-electron chi connectivity index (χ4n) is 4.95. The third kappa shape index (κ3) is 6.54. The number of pyridine rings is 1. The van der Waals surface area contributed by atoms with Crippen molar-refractivity contribution in [1.82, 2.24) is 34.7 Å². The van der Waals surface area contributed by atoms with Crippen LogP contribution in [0.4, 0.5) is 22.4 Å². The minimum atomic E-state index is -0.488. The molecule has 12 heteroatoms. The van der Waals surface area contributed by atoms with Crippen molar-refractivity contribution in [3.05, 3.63) is 48.4 Å². The van der Waals surface area contributed by atoms with Gasteiger partial charge in [-0.1, -0.05) is 6.07 Å². The molecular formula is C30H37N9O3. The number of amides is 1. The molecule has 42 heavy (non-hydrogen) atoms. The molecular weight excluding hydrogens is 534 g/mol. The lowest BCUT2D eigenvalue weighted by Crippen LogP contribution is -2.49. The predicted octanol–water partition coefficient (Wildman–Crippen LogP) is 4.79. The highest BCUT2D eigenvalue weighted by molar-refractivity contribution is 5.85. The quantitative estimate of drug-likeness (QED) is 0.271. The number of imidazole rings is 1. The van der Waals surface area contributed by atoms with E-state index in [0.29, 0.717) is 42.5 Å². The number of benzene rings is 1. The summed E-state index contributed by atoms with van der Waals surface area (Å²) in [5, 5.41) is 6.73. The standard InChI is InChI=1S/C30H37N9O3/c1-30(2,3)42-29(40)39-13-11-38(12-14-39)17-19-9-10-31-24(15-19)37-28-35-22-8-5-20(16-23(22)36-28)25-26(41-4)27(33-18-32-25)34-21-6-7-21/h5,8-10,15-16,18,21H,6-7,11-14,17H2,1-4H3,(H,32,33,34)(H2,31,35,36,37). The van der Waals surface area contributed by atoms with Gasteiger partial charge in [0.25, 0.3) is 0 Å².